The van der Waals surface area contributed by atoms with Gasteiger partial charge in [0, 0.05) is 12.6 Å². The molecule has 0 saturated carbocycles. The van der Waals surface area contributed by atoms with Crippen LogP contribution in [0.5, 0.6) is 5.75 Å². The summed E-state index contributed by atoms with van der Waals surface area (Å²) in [5.74, 6) is 0.913. The summed E-state index contributed by atoms with van der Waals surface area (Å²) in [5, 5.41) is 12.6. The molecule has 33 heavy (non-hydrogen) atoms. The fourth-order valence-electron chi connectivity index (χ4n) is 4.02. The van der Waals surface area contributed by atoms with Crippen molar-refractivity contribution in [1.29, 1.82) is 0 Å². The maximum Gasteiger partial charge on any atom is 0.166 e. The molecule has 3 aromatic carbocycles. The van der Waals surface area contributed by atoms with Crippen molar-refractivity contribution < 1.29 is 14.3 Å². The van der Waals surface area contributed by atoms with Crippen LogP contribution in [-0.2, 0) is 12.1 Å². The largest absolute Gasteiger partial charge is 0.493 e. The lowest BCUT2D eigenvalue weighted by Crippen LogP contribution is -2.39. The highest BCUT2D eigenvalue weighted by Crippen LogP contribution is 2.38. The number of aromatic nitrogens is 1. The minimum absolute atomic E-state index is 0.696. The Hall–Kier alpha value is -2.99. The molecule has 0 aliphatic rings. The first kappa shape index (κ1) is 23.2. The van der Waals surface area contributed by atoms with Crippen LogP contribution >= 0.6 is 11.3 Å². The van der Waals surface area contributed by atoms with Crippen molar-refractivity contribution in [2.45, 2.75) is 18.6 Å². The molecule has 170 valence electrons. The minimum Gasteiger partial charge on any atom is -0.493 e. The molecule has 0 unspecified atom stereocenters. The average Bonchev–Trinajstić information content (AvgIpc) is 3.31. The molecule has 0 spiro atoms. The number of aliphatic hydroxyl groups is 1. The fraction of sp³-hybridized carbons (Fsp3) is 0.250. The van der Waals surface area contributed by atoms with Crippen LogP contribution in [0.3, 0.4) is 0 Å². The van der Waals surface area contributed by atoms with Crippen LogP contribution in [0.15, 0.2) is 97.2 Å². The first-order valence-corrected chi connectivity index (χ1v) is 12.1. The predicted octanol–water partition coefficient (Wildman–Crippen LogP) is 5.47. The van der Waals surface area contributed by atoms with E-state index in [4.69, 9.17) is 9.72 Å². The minimum atomic E-state index is -1.27. The topological polar surface area (TPSA) is 42.4 Å². The summed E-state index contributed by atoms with van der Waals surface area (Å²) >= 11 is 1.58. The molecule has 0 amide bonds. The lowest BCUT2D eigenvalue weighted by atomic mass is 9.87. The van der Waals surface area contributed by atoms with Gasteiger partial charge in [-0.05, 0) is 23.3 Å². The number of ether oxygens (including phenoxy) is 1. The second-order valence-corrected chi connectivity index (χ2v) is 10.0. The third-order valence-electron chi connectivity index (χ3n) is 5.75. The maximum atomic E-state index is 11.9. The Bertz CT molecular complexity index is 1090. The lowest BCUT2D eigenvalue weighted by molar-refractivity contribution is -0.903. The smallest absolute Gasteiger partial charge is 0.166 e. The van der Waals surface area contributed by atoms with Crippen LogP contribution in [0, 0.1) is 0 Å². The van der Waals surface area contributed by atoms with E-state index in [0.717, 1.165) is 45.7 Å². The summed E-state index contributed by atoms with van der Waals surface area (Å²) in [6.07, 6.45) is 2.88. The molecule has 0 aliphatic carbocycles. The zero-order chi connectivity index (χ0) is 23.2. The molecule has 0 radical (unpaired) electrons. The third-order valence-corrected chi connectivity index (χ3v) is 6.84. The van der Waals surface area contributed by atoms with Crippen LogP contribution in [0.25, 0.3) is 0 Å². The second kappa shape index (κ2) is 10.3. The predicted molar refractivity (Wildman–Crippen MR) is 134 cm³/mol. The van der Waals surface area contributed by atoms with Gasteiger partial charge in [0.1, 0.15) is 17.3 Å². The molecule has 0 bridgehead atoms. The van der Waals surface area contributed by atoms with Crippen molar-refractivity contribution >= 4 is 11.3 Å². The van der Waals surface area contributed by atoms with Gasteiger partial charge in [0.25, 0.3) is 0 Å². The van der Waals surface area contributed by atoms with Crippen LogP contribution < -0.4 is 4.74 Å². The van der Waals surface area contributed by atoms with Gasteiger partial charge >= 0.3 is 0 Å². The highest BCUT2D eigenvalue weighted by atomic mass is 32.1. The van der Waals surface area contributed by atoms with E-state index in [2.05, 4.69) is 14.1 Å². The molecule has 0 aliphatic heterocycles. The van der Waals surface area contributed by atoms with Crippen LogP contribution in [0.1, 0.15) is 27.4 Å². The summed E-state index contributed by atoms with van der Waals surface area (Å²) in [5.41, 5.74) is 0.374. The number of rotatable bonds is 10. The van der Waals surface area contributed by atoms with Gasteiger partial charge in [-0.2, -0.15) is 0 Å². The molecule has 5 heteroatoms. The number of hydrogen-bond donors (Lipinski definition) is 1. The Morgan fingerprint density at radius 2 is 1.39 bits per heavy atom. The first-order chi connectivity index (χ1) is 16.0. The Morgan fingerprint density at radius 3 is 1.97 bits per heavy atom. The second-order valence-electron chi connectivity index (χ2n) is 8.91. The third kappa shape index (κ3) is 5.69. The van der Waals surface area contributed by atoms with Crippen LogP contribution in [0.2, 0.25) is 0 Å². The molecule has 4 aromatic rings. The van der Waals surface area contributed by atoms with Crippen molar-refractivity contribution in [3.8, 4) is 5.75 Å². The summed E-state index contributed by atoms with van der Waals surface area (Å²) in [6.45, 7) is 2.53. The van der Waals surface area contributed by atoms with Crippen LogP contribution in [-0.4, -0.2) is 41.8 Å². The highest BCUT2D eigenvalue weighted by molar-refractivity contribution is 7.11. The van der Waals surface area contributed by atoms with E-state index in [9.17, 15) is 5.11 Å². The van der Waals surface area contributed by atoms with E-state index in [1.165, 1.54) is 0 Å². The van der Waals surface area contributed by atoms with Gasteiger partial charge in [-0.25, -0.2) is 4.98 Å². The Balaban J connectivity index is 1.46. The maximum absolute atomic E-state index is 11.9. The number of benzene rings is 3. The van der Waals surface area contributed by atoms with Gasteiger partial charge in [-0.15, -0.1) is 11.3 Å². The van der Waals surface area contributed by atoms with E-state index in [1.54, 1.807) is 11.3 Å². The van der Waals surface area contributed by atoms with E-state index < -0.39 is 5.60 Å². The Kier molecular flexibility index (Phi) is 7.23. The normalized spacial score (nSPS) is 12.0. The van der Waals surface area contributed by atoms with Gasteiger partial charge in [0.15, 0.2) is 5.60 Å². The Morgan fingerprint density at radius 1 is 0.848 bits per heavy atom. The molecule has 4 rings (SSSR count). The number of hydrogen-bond acceptors (Lipinski definition) is 4. The van der Waals surface area contributed by atoms with Crippen molar-refractivity contribution in [1.82, 2.24) is 4.98 Å². The van der Waals surface area contributed by atoms with Crippen molar-refractivity contribution in [3.63, 3.8) is 0 Å². The van der Waals surface area contributed by atoms with Gasteiger partial charge in [0.05, 0.1) is 32.1 Å². The van der Waals surface area contributed by atoms with Crippen LogP contribution in [0.4, 0.5) is 0 Å². The van der Waals surface area contributed by atoms with Crippen molar-refractivity contribution in [2.75, 3.05) is 27.2 Å². The number of para-hydroxylation sites is 1. The quantitative estimate of drug-likeness (QED) is 0.252. The summed E-state index contributed by atoms with van der Waals surface area (Å²) in [6, 6.07) is 29.5. The van der Waals surface area contributed by atoms with E-state index >= 15 is 0 Å². The van der Waals surface area contributed by atoms with E-state index in [-0.39, 0.29) is 0 Å². The molecule has 0 fully saturated rings. The average molecular weight is 460 g/mol. The fourth-order valence-corrected chi connectivity index (χ4v) is 5.28. The molecule has 0 atom stereocenters. The zero-order valence-corrected chi connectivity index (χ0v) is 20.0. The van der Waals surface area contributed by atoms with Crippen molar-refractivity contribution in [2.24, 2.45) is 0 Å². The van der Waals surface area contributed by atoms with Gasteiger partial charge in [-0.3, -0.25) is 0 Å². The number of nitrogens with zero attached hydrogens (tertiary/aromatic N) is 2. The SMILES string of the molecule is C[N+](C)(CCCOc1ccccc1)Cc1cnc(C(O)(c2ccccc2)c2ccccc2)s1. The molecule has 0 saturated heterocycles. The monoisotopic (exact) mass is 459 g/mol. The molecule has 4 nitrogen and oxygen atoms in total. The van der Waals surface area contributed by atoms with Gasteiger partial charge < -0.3 is 14.3 Å². The Labute approximate surface area is 200 Å². The van der Waals surface area contributed by atoms with Gasteiger partial charge in [0.2, 0.25) is 0 Å². The number of thiazole rings is 1. The summed E-state index contributed by atoms with van der Waals surface area (Å²) in [4.78, 5) is 5.85. The molecule has 1 aromatic heterocycles. The highest BCUT2D eigenvalue weighted by Gasteiger charge is 2.37. The number of quaternary nitrogens is 1. The standard InChI is InChI=1S/C28H31N2O2S/c1-30(2,19-12-20-32-25-17-10-5-11-18-25)22-26-21-29-27(33-26)28(31,23-13-6-3-7-14-23)24-15-8-4-9-16-24/h3-11,13-18,21,31H,12,19-20,22H2,1-2H3/q+1. The van der Waals surface area contributed by atoms with Crippen molar-refractivity contribution in [3.05, 3.63) is 118 Å². The summed E-state index contributed by atoms with van der Waals surface area (Å²) < 4.78 is 6.67. The lowest BCUT2D eigenvalue weighted by Gasteiger charge is -2.29. The molecule has 1 heterocycles. The molecular weight excluding hydrogens is 428 g/mol. The first-order valence-electron chi connectivity index (χ1n) is 11.3. The molecule has 1 N–H and O–H groups in total. The molecular formula is C28H31N2O2S+. The van der Waals surface area contributed by atoms with E-state index in [1.807, 2.05) is 97.2 Å². The van der Waals surface area contributed by atoms with Gasteiger partial charge in [-0.1, -0.05) is 78.9 Å². The zero-order valence-electron chi connectivity index (χ0n) is 19.2. The summed E-state index contributed by atoms with van der Waals surface area (Å²) in [7, 11) is 4.45. The van der Waals surface area contributed by atoms with E-state index in [0.29, 0.717) is 11.6 Å².